The maximum Gasteiger partial charge on any atom is 0.245 e. The number of aromatic nitrogens is 4. The van der Waals surface area contributed by atoms with Gasteiger partial charge in [-0.2, -0.15) is 10.1 Å². The fourth-order valence-electron chi connectivity index (χ4n) is 5.06. The van der Waals surface area contributed by atoms with E-state index in [9.17, 15) is 9.90 Å². The molecule has 9 nitrogen and oxygen atoms in total. The van der Waals surface area contributed by atoms with Crippen molar-refractivity contribution in [1.29, 1.82) is 0 Å². The first kappa shape index (κ1) is 21.2. The molecule has 5 rings (SSSR count). The van der Waals surface area contributed by atoms with Gasteiger partial charge in [0.15, 0.2) is 5.82 Å². The highest BCUT2D eigenvalue weighted by atomic mass is 16.3. The van der Waals surface area contributed by atoms with Crippen LogP contribution in [0.15, 0.2) is 6.07 Å². The summed E-state index contributed by atoms with van der Waals surface area (Å²) < 4.78 is 0. The number of hydrogen-bond donors (Lipinski definition) is 3. The second-order valence-electron chi connectivity index (χ2n) is 9.58. The molecule has 4 heterocycles. The minimum atomic E-state index is -0.554. The number of aromatic amines is 1. The molecule has 0 radical (unpaired) electrons. The van der Waals surface area contributed by atoms with Crippen LogP contribution in [0.4, 0.5) is 17.6 Å². The standard InChI is InChI=1S/C23H33N7O2/c1-14(2)18-12-20(28-27-18)25-21-16-7-6-8-17(16)24-23(26-21)30-13-15(31)11-19(30)22(32)29-9-4-3-5-10-29/h12,14-15,19,31H,3-11,13H2,1-2H3,(H2,24,25,26,27,28)/t15-,19+/m0/s1. The van der Waals surface area contributed by atoms with Crippen LogP contribution in [0, 0.1) is 0 Å². The van der Waals surface area contributed by atoms with Crippen molar-refractivity contribution in [3.63, 3.8) is 0 Å². The number of aliphatic hydroxyl groups is 1. The van der Waals surface area contributed by atoms with Crippen molar-refractivity contribution in [3.8, 4) is 0 Å². The number of H-pyrrole nitrogens is 1. The zero-order valence-corrected chi connectivity index (χ0v) is 19.0. The summed E-state index contributed by atoms with van der Waals surface area (Å²) in [5.74, 6) is 2.47. The monoisotopic (exact) mass is 439 g/mol. The number of aryl methyl sites for hydroxylation is 1. The smallest absolute Gasteiger partial charge is 0.245 e. The molecule has 0 saturated carbocycles. The molecular weight excluding hydrogens is 406 g/mol. The van der Waals surface area contributed by atoms with Gasteiger partial charge in [0, 0.05) is 43.4 Å². The Morgan fingerprint density at radius 3 is 2.75 bits per heavy atom. The first-order valence-corrected chi connectivity index (χ1v) is 11.9. The number of piperidine rings is 1. The molecule has 3 N–H and O–H groups in total. The topological polar surface area (TPSA) is 110 Å². The van der Waals surface area contributed by atoms with Crippen molar-refractivity contribution in [2.75, 3.05) is 29.9 Å². The van der Waals surface area contributed by atoms with Gasteiger partial charge >= 0.3 is 0 Å². The highest BCUT2D eigenvalue weighted by Gasteiger charge is 2.40. The van der Waals surface area contributed by atoms with Crippen LogP contribution >= 0.6 is 0 Å². The molecule has 2 saturated heterocycles. The zero-order valence-electron chi connectivity index (χ0n) is 19.0. The van der Waals surface area contributed by atoms with E-state index in [0.717, 1.165) is 73.8 Å². The van der Waals surface area contributed by atoms with Crippen molar-refractivity contribution < 1.29 is 9.90 Å². The van der Waals surface area contributed by atoms with Gasteiger partial charge in [0.05, 0.1) is 11.8 Å². The van der Waals surface area contributed by atoms with Crippen LogP contribution < -0.4 is 10.2 Å². The molecule has 9 heteroatoms. The Hall–Kier alpha value is -2.68. The van der Waals surface area contributed by atoms with Gasteiger partial charge in [-0.05, 0) is 44.4 Å². The number of likely N-dealkylation sites (tertiary alicyclic amines) is 1. The third-order valence-electron chi connectivity index (χ3n) is 6.88. The average Bonchev–Trinajstić information content (AvgIpc) is 3.53. The summed E-state index contributed by atoms with van der Waals surface area (Å²) in [4.78, 5) is 26.9. The Morgan fingerprint density at radius 2 is 2.00 bits per heavy atom. The lowest BCUT2D eigenvalue weighted by Gasteiger charge is -2.32. The van der Waals surface area contributed by atoms with E-state index in [1.165, 1.54) is 6.42 Å². The van der Waals surface area contributed by atoms with E-state index >= 15 is 0 Å². The van der Waals surface area contributed by atoms with Crippen LogP contribution in [-0.2, 0) is 17.6 Å². The number of rotatable bonds is 5. The molecule has 2 atom stereocenters. The molecule has 0 unspecified atom stereocenters. The van der Waals surface area contributed by atoms with Crippen molar-refractivity contribution in [2.24, 2.45) is 0 Å². The number of nitrogens with one attached hydrogen (secondary N) is 2. The fraction of sp³-hybridized carbons (Fsp3) is 0.652. The molecule has 2 aromatic heterocycles. The summed E-state index contributed by atoms with van der Waals surface area (Å²) in [6, 6.07) is 1.60. The Labute approximate surface area is 188 Å². The third-order valence-corrected chi connectivity index (χ3v) is 6.88. The Morgan fingerprint density at radius 1 is 1.19 bits per heavy atom. The predicted octanol–water partition coefficient (Wildman–Crippen LogP) is 2.51. The highest BCUT2D eigenvalue weighted by molar-refractivity contribution is 5.85. The molecule has 0 bridgehead atoms. The lowest BCUT2D eigenvalue weighted by atomic mass is 10.1. The van der Waals surface area contributed by atoms with E-state index in [1.807, 2.05) is 15.9 Å². The van der Waals surface area contributed by atoms with Crippen LogP contribution in [-0.4, -0.2) is 67.9 Å². The number of fused-ring (bicyclic) bond motifs is 1. The predicted molar refractivity (Wildman–Crippen MR) is 122 cm³/mol. The summed E-state index contributed by atoms with van der Waals surface area (Å²) >= 11 is 0. The molecule has 1 aliphatic carbocycles. The summed E-state index contributed by atoms with van der Waals surface area (Å²) in [6.07, 6.45) is 6.02. The first-order chi connectivity index (χ1) is 15.5. The molecule has 0 aromatic carbocycles. The second kappa shape index (κ2) is 8.69. The van der Waals surface area contributed by atoms with Gasteiger partial charge in [0.1, 0.15) is 11.9 Å². The van der Waals surface area contributed by atoms with E-state index in [4.69, 9.17) is 9.97 Å². The largest absolute Gasteiger partial charge is 0.391 e. The SMILES string of the molecule is CC(C)c1cc(Nc2nc(N3C[C@@H](O)C[C@@H]3C(=O)N3CCCCC3)nc3c2CCC3)n[nH]1. The molecule has 32 heavy (non-hydrogen) atoms. The molecule has 0 spiro atoms. The summed E-state index contributed by atoms with van der Waals surface area (Å²) in [5, 5.41) is 21.3. The molecule has 3 aliphatic rings. The van der Waals surface area contributed by atoms with Gasteiger partial charge in [-0.1, -0.05) is 13.8 Å². The van der Waals surface area contributed by atoms with Crippen molar-refractivity contribution in [2.45, 2.75) is 76.9 Å². The maximum atomic E-state index is 13.3. The van der Waals surface area contributed by atoms with Crippen LogP contribution in [0.3, 0.4) is 0 Å². The van der Waals surface area contributed by atoms with Gasteiger partial charge < -0.3 is 20.2 Å². The van der Waals surface area contributed by atoms with E-state index in [0.29, 0.717) is 24.8 Å². The minimum Gasteiger partial charge on any atom is -0.391 e. The molecule has 2 aromatic rings. The number of nitrogens with zero attached hydrogens (tertiary/aromatic N) is 5. The molecule has 2 aliphatic heterocycles. The van der Waals surface area contributed by atoms with Gasteiger partial charge in [-0.25, -0.2) is 4.98 Å². The highest BCUT2D eigenvalue weighted by Crippen LogP contribution is 2.33. The van der Waals surface area contributed by atoms with Crippen molar-refractivity contribution >= 4 is 23.5 Å². The van der Waals surface area contributed by atoms with Crippen LogP contribution in [0.1, 0.15) is 68.8 Å². The number of carbonyl (C=O) groups is 1. The second-order valence-corrected chi connectivity index (χ2v) is 9.58. The number of β-amino-alcohol motifs (C(OH)–C–C–N with tert-alkyl or cyclic N) is 1. The van der Waals surface area contributed by atoms with Gasteiger partial charge in [-0.15, -0.1) is 0 Å². The summed E-state index contributed by atoms with van der Waals surface area (Å²) in [5.41, 5.74) is 3.22. The van der Waals surface area contributed by atoms with E-state index in [1.54, 1.807) is 0 Å². The number of amides is 1. The number of carbonyl (C=O) groups excluding carboxylic acids is 1. The fourth-order valence-corrected chi connectivity index (χ4v) is 5.06. The maximum absolute atomic E-state index is 13.3. The van der Waals surface area contributed by atoms with E-state index in [2.05, 4.69) is 29.4 Å². The Kier molecular flexibility index (Phi) is 5.75. The quantitative estimate of drug-likeness (QED) is 0.656. The van der Waals surface area contributed by atoms with Crippen LogP contribution in [0.25, 0.3) is 0 Å². The number of aliphatic hydroxyl groups excluding tert-OH is 1. The number of hydrogen-bond acceptors (Lipinski definition) is 7. The van der Waals surface area contributed by atoms with Gasteiger partial charge in [0.25, 0.3) is 0 Å². The lowest BCUT2D eigenvalue weighted by molar-refractivity contribution is -0.133. The van der Waals surface area contributed by atoms with Crippen LogP contribution in [0.5, 0.6) is 0 Å². The van der Waals surface area contributed by atoms with Gasteiger partial charge in [0.2, 0.25) is 11.9 Å². The zero-order chi connectivity index (χ0) is 22.2. The Bertz CT molecular complexity index is 983. The molecule has 1 amide bonds. The number of anilines is 3. The summed E-state index contributed by atoms with van der Waals surface area (Å²) in [7, 11) is 0. The minimum absolute atomic E-state index is 0.0914. The molecule has 2 fully saturated rings. The van der Waals surface area contributed by atoms with Crippen LogP contribution in [0.2, 0.25) is 0 Å². The average molecular weight is 440 g/mol. The Balaban J connectivity index is 1.44. The molecule has 172 valence electrons. The summed E-state index contributed by atoms with van der Waals surface area (Å²) in [6.45, 7) is 6.22. The molecular formula is C23H33N7O2. The van der Waals surface area contributed by atoms with Gasteiger partial charge in [-0.3, -0.25) is 9.89 Å². The first-order valence-electron chi connectivity index (χ1n) is 11.9. The lowest BCUT2D eigenvalue weighted by Crippen LogP contribution is -2.48. The van der Waals surface area contributed by atoms with Crippen molar-refractivity contribution in [3.05, 3.63) is 23.0 Å². The van der Waals surface area contributed by atoms with Crippen molar-refractivity contribution in [1.82, 2.24) is 25.1 Å². The van der Waals surface area contributed by atoms with E-state index < -0.39 is 12.1 Å². The normalized spacial score (nSPS) is 23.1. The third kappa shape index (κ3) is 4.05. The van der Waals surface area contributed by atoms with E-state index in [-0.39, 0.29) is 5.91 Å².